The average molecular weight is 382 g/mol. The van der Waals surface area contributed by atoms with Gasteiger partial charge in [-0.05, 0) is 41.1 Å². The van der Waals surface area contributed by atoms with Gasteiger partial charge in [-0.15, -0.1) is 22.7 Å². The van der Waals surface area contributed by atoms with Crippen molar-refractivity contribution < 1.29 is 4.92 Å². The fourth-order valence-electron chi connectivity index (χ4n) is 2.18. The van der Waals surface area contributed by atoms with E-state index in [0.717, 1.165) is 21.1 Å². The van der Waals surface area contributed by atoms with Crippen molar-refractivity contribution in [1.29, 1.82) is 0 Å². The molecule has 0 aliphatic rings. The molecule has 26 heavy (non-hydrogen) atoms. The zero-order valence-electron chi connectivity index (χ0n) is 13.5. The van der Waals surface area contributed by atoms with E-state index in [1.165, 1.54) is 17.4 Å². The minimum atomic E-state index is -0.415. The number of anilines is 1. The summed E-state index contributed by atoms with van der Waals surface area (Å²) in [6.07, 6.45) is 3.31. The third kappa shape index (κ3) is 4.11. The Bertz CT molecular complexity index is 986. The SMILES string of the molecule is Nc1cccnc1-c1cccs1.O=[N+]([O-])c1cccnc1-c1cccs1. The van der Waals surface area contributed by atoms with Gasteiger partial charge in [0, 0.05) is 18.5 Å². The number of thiophene rings is 2. The molecule has 0 spiro atoms. The van der Waals surface area contributed by atoms with E-state index in [4.69, 9.17) is 5.73 Å². The number of aromatic nitrogens is 2. The third-order valence-corrected chi connectivity index (χ3v) is 5.08. The summed E-state index contributed by atoms with van der Waals surface area (Å²) < 4.78 is 0. The summed E-state index contributed by atoms with van der Waals surface area (Å²) >= 11 is 3.09. The molecule has 4 aromatic rings. The summed E-state index contributed by atoms with van der Waals surface area (Å²) in [7, 11) is 0. The second kappa shape index (κ2) is 8.32. The third-order valence-electron chi connectivity index (χ3n) is 3.33. The molecule has 4 rings (SSSR count). The van der Waals surface area contributed by atoms with Crippen LogP contribution in [0, 0.1) is 10.1 Å². The van der Waals surface area contributed by atoms with Crippen LogP contribution >= 0.6 is 22.7 Å². The van der Waals surface area contributed by atoms with Crippen LogP contribution < -0.4 is 5.73 Å². The minimum absolute atomic E-state index is 0.0509. The smallest absolute Gasteiger partial charge is 0.296 e. The second-order valence-corrected chi connectivity index (χ2v) is 6.92. The number of nitrogens with zero attached hydrogens (tertiary/aromatic N) is 3. The highest BCUT2D eigenvalue weighted by molar-refractivity contribution is 7.13. The first-order chi connectivity index (χ1) is 12.7. The predicted octanol–water partition coefficient (Wildman–Crippen LogP) is 5.11. The van der Waals surface area contributed by atoms with Crippen LogP contribution in [0.2, 0.25) is 0 Å². The highest BCUT2D eigenvalue weighted by Crippen LogP contribution is 2.30. The Morgan fingerprint density at radius 1 is 0.846 bits per heavy atom. The highest BCUT2D eigenvalue weighted by atomic mass is 32.1. The highest BCUT2D eigenvalue weighted by Gasteiger charge is 2.15. The van der Waals surface area contributed by atoms with Gasteiger partial charge in [0.1, 0.15) is 5.69 Å². The molecule has 6 nitrogen and oxygen atoms in total. The first kappa shape index (κ1) is 17.7. The van der Waals surface area contributed by atoms with Gasteiger partial charge in [-0.25, -0.2) is 4.98 Å². The molecule has 130 valence electrons. The lowest BCUT2D eigenvalue weighted by molar-refractivity contribution is -0.384. The Labute approximate surface area is 157 Å². The molecule has 0 bridgehead atoms. The second-order valence-electron chi connectivity index (χ2n) is 5.02. The number of nitrogen functional groups attached to an aromatic ring is 1. The molecule has 0 saturated carbocycles. The molecule has 0 aliphatic carbocycles. The molecule has 0 unspecified atom stereocenters. The summed E-state index contributed by atoms with van der Waals surface area (Å²) in [5, 5.41) is 14.6. The van der Waals surface area contributed by atoms with Gasteiger partial charge in [0.2, 0.25) is 0 Å². The lowest BCUT2D eigenvalue weighted by Crippen LogP contribution is -1.92. The molecule has 0 aromatic carbocycles. The van der Waals surface area contributed by atoms with Crippen molar-refractivity contribution in [2.24, 2.45) is 0 Å². The number of nitrogens with two attached hydrogens (primary N) is 1. The van der Waals surface area contributed by atoms with Gasteiger partial charge >= 0.3 is 0 Å². The van der Waals surface area contributed by atoms with Crippen LogP contribution in [0.25, 0.3) is 21.1 Å². The maximum atomic E-state index is 10.7. The molecule has 0 aliphatic heterocycles. The van der Waals surface area contributed by atoms with Crippen molar-refractivity contribution in [2.75, 3.05) is 5.73 Å². The Kier molecular flexibility index (Phi) is 5.67. The van der Waals surface area contributed by atoms with Crippen molar-refractivity contribution in [1.82, 2.24) is 9.97 Å². The van der Waals surface area contributed by atoms with E-state index in [1.807, 2.05) is 47.2 Å². The molecule has 8 heteroatoms. The van der Waals surface area contributed by atoms with Crippen LogP contribution in [0.1, 0.15) is 0 Å². The summed E-state index contributed by atoms with van der Waals surface area (Å²) in [5.41, 5.74) is 7.86. The van der Waals surface area contributed by atoms with E-state index in [0.29, 0.717) is 5.69 Å². The molecule has 4 aromatic heterocycles. The Morgan fingerprint density at radius 2 is 1.42 bits per heavy atom. The van der Waals surface area contributed by atoms with Gasteiger partial charge in [-0.1, -0.05) is 12.1 Å². The minimum Gasteiger partial charge on any atom is -0.397 e. The van der Waals surface area contributed by atoms with E-state index in [1.54, 1.807) is 29.8 Å². The molecular weight excluding hydrogens is 368 g/mol. The number of rotatable bonds is 3. The number of hydrogen-bond acceptors (Lipinski definition) is 7. The average Bonchev–Trinajstić information content (AvgIpc) is 3.37. The zero-order chi connectivity index (χ0) is 18.4. The quantitative estimate of drug-likeness (QED) is 0.392. The van der Waals surface area contributed by atoms with E-state index >= 15 is 0 Å². The summed E-state index contributed by atoms with van der Waals surface area (Å²) in [4.78, 5) is 20.4. The van der Waals surface area contributed by atoms with Gasteiger partial charge < -0.3 is 5.73 Å². The van der Waals surface area contributed by atoms with Crippen LogP contribution in [0.3, 0.4) is 0 Å². The summed E-state index contributed by atoms with van der Waals surface area (Å²) in [6, 6.07) is 14.4. The van der Waals surface area contributed by atoms with Gasteiger partial charge in [-0.2, -0.15) is 0 Å². The zero-order valence-corrected chi connectivity index (χ0v) is 15.1. The van der Waals surface area contributed by atoms with E-state index in [9.17, 15) is 10.1 Å². The maximum absolute atomic E-state index is 10.7. The van der Waals surface area contributed by atoms with Crippen LogP contribution in [0.15, 0.2) is 71.7 Å². The molecule has 0 radical (unpaired) electrons. The molecule has 2 N–H and O–H groups in total. The normalized spacial score (nSPS) is 10.0. The van der Waals surface area contributed by atoms with Gasteiger partial charge in [0.15, 0.2) is 5.69 Å². The fraction of sp³-hybridized carbons (Fsp3) is 0. The van der Waals surface area contributed by atoms with Gasteiger partial charge in [-0.3, -0.25) is 15.1 Å². The van der Waals surface area contributed by atoms with Crippen LogP contribution in [-0.2, 0) is 0 Å². The number of pyridine rings is 2. The van der Waals surface area contributed by atoms with Crippen molar-refractivity contribution in [3.8, 4) is 21.1 Å². The summed E-state index contributed by atoms with van der Waals surface area (Å²) in [5.74, 6) is 0. The Morgan fingerprint density at radius 3 is 1.96 bits per heavy atom. The number of hydrogen-bond donors (Lipinski definition) is 1. The number of nitro groups is 1. The monoisotopic (exact) mass is 382 g/mol. The van der Waals surface area contributed by atoms with E-state index in [-0.39, 0.29) is 5.69 Å². The predicted molar refractivity (Wildman–Crippen MR) is 106 cm³/mol. The summed E-state index contributed by atoms with van der Waals surface area (Å²) in [6.45, 7) is 0. The van der Waals surface area contributed by atoms with Crippen molar-refractivity contribution in [3.63, 3.8) is 0 Å². The largest absolute Gasteiger partial charge is 0.397 e. The first-order valence-electron chi connectivity index (χ1n) is 7.54. The molecule has 4 heterocycles. The maximum Gasteiger partial charge on any atom is 0.296 e. The molecule has 0 amide bonds. The van der Waals surface area contributed by atoms with Crippen LogP contribution in [0.5, 0.6) is 0 Å². The first-order valence-corrected chi connectivity index (χ1v) is 9.30. The Hall–Kier alpha value is -3.10. The lowest BCUT2D eigenvalue weighted by Gasteiger charge is -1.99. The molecule has 0 fully saturated rings. The Balaban J connectivity index is 0.000000152. The molecule has 0 atom stereocenters. The van der Waals surface area contributed by atoms with Crippen molar-refractivity contribution >= 4 is 34.0 Å². The van der Waals surface area contributed by atoms with Crippen LogP contribution in [0.4, 0.5) is 11.4 Å². The van der Waals surface area contributed by atoms with E-state index in [2.05, 4.69) is 9.97 Å². The van der Waals surface area contributed by atoms with Gasteiger partial charge in [0.05, 0.1) is 20.4 Å². The molecule has 0 saturated heterocycles. The van der Waals surface area contributed by atoms with Gasteiger partial charge in [0.25, 0.3) is 5.69 Å². The van der Waals surface area contributed by atoms with Crippen LogP contribution in [-0.4, -0.2) is 14.9 Å². The topological polar surface area (TPSA) is 94.9 Å². The standard InChI is InChI=1S/C9H6N2O2S.C9H8N2S/c12-11(13)7-3-1-5-10-9(7)8-4-2-6-14-8;10-7-3-1-5-11-9(7)8-4-2-6-12-8/h1-6H;1-6H,10H2. The van der Waals surface area contributed by atoms with E-state index < -0.39 is 4.92 Å². The van der Waals surface area contributed by atoms with Crippen molar-refractivity contribution in [2.45, 2.75) is 0 Å². The molecular formula is C18H14N4O2S2. The fourth-order valence-corrected chi connectivity index (χ4v) is 3.66. The van der Waals surface area contributed by atoms with Crippen molar-refractivity contribution in [3.05, 3.63) is 81.8 Å². The lowest BCUT2D eigenvalue weighted by atomic mass is 10.2.